The molecule has 4 rings (SSSR count). The number of imidazole rings is 1. The molecule has 1 aliphatic rings. The zero-order valence-electron chi connectivity index (χ0n) is 12.0. The van der Waals surface area contributed by atoms with Crippen LogP contribution in [-0.2, 0) is 0 Å². The van der Waals surface area contributed by atoms with Gasteiger partial charge in [0.1, 0.15) is 17.7 Å². The van der Waals surface area contributed by atoms with Crippen molar-refractivity contribution in [3.63, 3.8) is 0 Å². The second-order valence-electron chi connectivity index (χ2n) is 5.49. The quantitative estimate of drug-likeness (QED) is 0.757. The van der Waals surface area contributed by atoms with Gasteiger partial charge in [0.2, 0.25) is 0 Å². The van der Waals surface area contributed by atoms with E-state index in [0.717, 1.165) is 42.7 Å². The summed E-state index contributed by atoms with van der Waals surface area (Å²) in [5, 5.41) is 6.81. The topological polar surface area (TPSA) is 90.6 Å². The number of nitrogens with one attached hydrogen (secondary N) is 2. The van der Waals surface area contributed by atoms with Crippen molar-refractivity contribution in [2.24, 2.45) is 0 Å². The number of carbonyl (C=O) groups excluding carboxylic acids is 1. The molecule has 7 nitrogen and oxygen atoms in total. The van der Waals surface area contributed by atoms with Gasteiger partial charge in [-0.1, -0.05) is 6.07 Å². The zero-order chi connectivity index (χ0) is 14.9. The first-order valence-electron chi connectivity index (χ1n) is 7.43. The lowest BCUT2D eigenvalue weighted by molar-refractivity contribution is 0.0602. The Bertz CT molecular complexity index is 793. The van der Waals surface area contributed by atoms with Crippen molar-refractivity contribution in [3.8, 4) is 0 Å². The van der Waals surface area contributed by atoms with E-state index in [0.29, 0.717) is 5.56 Å². The Labute approximate surface area is 126 Å². The van der Waals surface area contributed by atoms with Crippen LogP contribution in [0.4, 0.5) is 0 Å². The van der Waals surface area contributed by atoms with Gasteiger partial charge in [-0.15, -0.1) is 0 Å². The van der Waals surface area contributed by atoms with Crippen molar-refractivity contribution in [2.45, 2.75) is 25.3 Å². The number of H-pyrrole nitrogens is 2. The Hall–Kier alpha value is -2.70. The lowest BCUT2D eigenvalue weighted by atomic mass is 10.00. The van der Waals surface area contributed by atoms with Gasteiger partial charge in [-0.25, -0.2) is 9.97 Å². The number of piperidine rings is 1. The monoisotopic (exact) mass is 296 g/mol. The van der Waals surface area contributed by atoms with Gasteiger partial charge in [0.25, 0.3) is 5.91 Å². The third kappa shape index (κ3) is 2.05. The molecule has 1 atom stereocenters. The van der Waals surface area contributed by atoms with Crippen LogP contribution in [0.5, 0.6) is 0 Å². The van der Waals surface area contributed by atoms with E-state index in [-0.39, 0.29) is 11.9 Å². The van der Waals surface area contributed by atoms with E-state index in [2.05, 4.69) is 25.1 Å². The summed E-state index contributed by atoms with van der Waals surface area (Å²) in [6.07, 6.45) is 6.10. The third-order valence-corrected chi connectivity index (χ3v) is 4.19. The molecule has 1 fully saturated rings. The average Bonchev–Trinajstić information content (AvgIpc) is 3.25. The highest BCUT2D eigenvalue weighted by atomic mass is 16.2. The summed E-state index contributed by atoms with van der Waals surface area (Å²) < 4.78 is 0. The van der Waals surface area contributed by atoms with E-state index in [1.807, 2.05) is 23.1 Å². The minimum Gasteiger partial charge on any atom is -0.345 e. The summed E-state index contributed by atoms with van der Waals surface area (Å²) in [5.74, 6) is 0.751. The fraction of sp³-hybridized carbons (Fsp3) is 0.333. The van der Waals surface area contributed by atoms with Crippen molar-refractivity contribution in [1.29, 1.82) is 0 Å². The molecule has 0 aliphatic carbocycles. The lowest BCUT2D eigenvalue weighted by Gasteiger charge is -2.34. The second kappa shape index (κ2) is 5.25. The van der Waals surface area contributed by atoms with Crippen molar-refractivity contribution < 1.29 is 4.79 Å². The van der Waals surface area contributed by atoms with Crippen LogP contribution in [0.2, 0.25) is 0 Å². The molecule has 0 bridgehead atoms. The summed E-state index contributed by atoms with van der Waals surface area (Å²) in [4.78, 5) is 26.5. The Morgan fingerprint density at radius 3 is 3.09 bits per heavy atom. The van der Waals surface area contributed by atoms with Gasteiger partial charge in [0.15, 0.2) is 0 Å². The Kier molecular flexibility index (Phi) is 3.10. The standard InChI is InChI=1S/C15H16N6O/c22-15(10-4-3-5-11-13(10)17-8-16-11)21-7-2-1-6-12(21)14-18-9-19-20-14/h3-5,8-9,12H,1-2,6-7H2,(H,16,17)(H,18,19,20). The van der Waals surface area contributed by atoms with Crippen LogP contribution in [0, 0.1) is 0 Å². The Balaban J connectivity index is 1.72. The van der Waals surface area contributed by atoms with Crippen LogP contribution >= 0.6 is 0 Å². The molecule has 22 heavy (non-hydrogen) atoms. The first kappa shape index (κ1) is 13.0. The van der Waals surface area contributed by atoms with E-state index in [4.69, 9.17) is 0 Å². The van der Waals surface area contributed by atoms with Crippen molar-refractivity contribution in [1.82, 2.24) is 30.0 Å². The third-order valence-electron chi connectivity index (χ3n) is 4.19. The van der Waals surface area contributed by atoms with Gasteiger partial charge < -0.3 is 9.88 Å². The molecule has 2 N–H and O–H groups in total. The number of carbonyl (C=O) groups is 1. The summed E-state index contributed by atoms with van der Waals surface area (Å²) in [5.41, 5.74) is 2.22. The molecule has 3 aromatic rings. The van der Waals surface area contributed by atoms with Gasteiger partial charge in [-0.05, 0) is 31.4 Å². The number of likely N-dealkylation sites (tertiary alicyclic amines) is 1. The molecule has 2 aromatic heterocycles. The zero-order valence-corrected chi connectivity index (χ0v) is 12.0. The van der Waals surface area contributed by atoms with E-state index < -0.39 is 0 Å². The number of nitrogens with zero attached hydrogens (tertiary/aromatic N) is 4. The number of hydrogen-bond donors (Lipinski definition) is 2. The van der Waals surface area contributed by atoms with E-state index in [1.165, 1.54) is 6.33 Å². The van der Waals surface area contributed by atoms with Crippen molar-refractivity contribution in [2.75, 3.05) is 6.54 Å². The minimum absolute atomic E-state index is 0.00111. The molecule has 1 unspecified atom stereocenters. The average molecular weight is 296 g/mol. The first-order valence-corrected chi connectivity index (χ1v) is 7.43. The molecule has 0 spiro atoms. The molecule has 0 radical (unpaired) electrons. The van der Waals surface area contributed by atoms with Crippen LogP contribution in [0.1, 0.15) is 41.5 Å². The van der Waals surface area contributed by atoms with Gasteiger partial charge in [0, 0.05) is 6.54 Å². The van der Waals surface area contributed by atoms with Crippen molar-refractivity contribution >= 4 is 16.9 Å². The maximum Gasteiger partial charge on any atom is 0.256 e. The number of aromatic amines is 2. The van der Waals surface area contributed by atoms with Gasteiger partial charge in [-0.3, -0.25) is 9.89 Å². The van der Waals surface area contributed by atoms with Crippen LogP contribution < -0.4 is 0 Å². The number of amides is 1. The van der Waals surface area contributed by atoms with Crippen LogP contribution in [-0.4, -0.2) is 42.5 Å². The van der Waals surface area contributed by atoms with Crippen LogP contribution in [0.25, 0.3) is 11.0 Å². The predicted octanol–water partition coefficient (Wildman–Crippen LogP) is 2.05. The highest BCUT2D eigenvalue weighted by molar-refractivity contribution is 6.04. The smallest absolute Gasteiger partial charge is 0.256 e. The maximum absolute atomic E-state index is 13.0. The summed E-state index contributed by atoms with van der Waals surface area (Å²) in [7, 11) is 0. The van der Waals surface area contributed by atoms with Gasteiger partial charge in [-0.2, -0.15) is 5.10 Å². The molecule has 0 saturated carbocycles. The van der Waals surface area contributed by atoms with Gasteiger partial charge in [0.05, 0.1) is 23.4 Å². The number of hydrogen-bond acceptors (Lipinski definition) is 4. The van der Waals surface area contributed by atoms with Crippen LogP contribution in [0.3, 0.4) is 0 Å². The maximum atomic E-state index is 13.0. The second-order valence-corrected chi connectivity index (χ2v) is 5.49. The molecular formula is C15H16N6O. The van der Waals surface area contributed by atoms with E-state index in [9.17, 15) is 4.79 Å². The highest BCUT2D eigenvalue weighted by Crippen LogP contribution is 2.30. The van der Waals surface area contributed by atoms with Gasteiger partial charge >= 0.3 is 0 Å². The normalized spacial score (nSPS) is 18.7. The van der Waals surface area contributed by atoms with E-state index >= 15 is 0 Å². The highest BCUT2D eigenvalue weighted by Gasteiger charge is 2.31. The van der Waals surface area contributed by atoms with Crippen LogP contribution in [0.15, 0.2) is 30.9 Å². The predicted molar refractivity (Wildman–Crippen MR) is 80.1 cm³/mol. The fourth-order valence-electron chi connectivity index (χ4n) is 3.13. The first-order chi connectivity index (χ1) is 10.8. The molecular weight excluding hydrogens is 280 g/mol. The lowest BCUT2D eigenvalue weighted by Crippen LogP contribution is -2.39. The summed E-state index contributed by atoms with van der Waals surface area (Å²) in [6, 6.07) is 5.58. The Morgan fingerprint density at radius 1 is 1.27 bits per heavy atom. The molecule has 7 heteroatoms. The molecule has 1 amide bonds. The minimum atomic E-state index is -0.0436. The summed E-state index contributed by atoms with van der Waals surface area (Å²) >= 11 is 0. The Morgan fingerprint density at radius 2 is 2.23 bits per heavy atom. The molecule has 1 saturated heterocycles. The molecule has 3 heterocycles. The van der Waals surface area contributed by atoms with E-state index in [1.54, 1.807) is 6.33 Å². The molecule has 112 valence electrons. The number of fused-ring (bicyclic) bond motifs is 1. The van der Waals surface area contributed by atoms with Crippen molar-refractivity contribution in [3.05, 3.63) is 42.2 Å². The SMILES string of the molecule is O=C(c1cccc2[nH]cnc12)N1CCCCC1c1ncn[nH]1. The molecule has 1 aromatic carbocycles. The fourth-order valence-corrected chi connectivity index (χ4v) is 3.13. The number of para-hydroxylation sites is 1. The number of rotatable bonds is 2. The summed E-state index contributed by atoms with van der Waals surface area (Å²) in [6.45, 7) is 0.727. The molecule has 1 aliphatic heterocycles. The number of aromatic nitrogens is 5. The largest absolute Gasteiger partial charge is 0.345 e. The number of benzene rings is 1.